The minimum absolute atomic E-state index is 0.0876. The largest absolute Gasteiger partial charge is 0.487 e. The van der Waals surface area contributed by atoms with E-state index in [1.165, 1.54) is 28.1 Å². The lowest BCUT2D eigenvalue weighted by Crippen LogP contribution is -2.30. The number of hydrogen-bond acceptors (Lipinski definition) is 4. The first-order valence-electron chi connectivity index (χ1n) is 12.6. The van der Waals surface area contributed by atoms with Crippen molar-refractivity contribution in [2.75, 3.05) is 5.32 Å². The van der Waals surface area contributed by atoms with E-state index in [0.29, 0.717) is 17.9 Å². The maximum absolute atomic E-state index is 12.7. The zero-order chi connectivity index (χ0) is 26.5. The monoisotopic (exact) mass is 584 g/mol. The Morgan fingerprint density at radius 3 is 2.63 bits per heavy atom. The summed E-state index contributed by atoms with van der Waals surface area (Å²) in [6.07, 6.45) is 5.44. The molecule has 1 atom stereocenters. The molecule has 2 N–H and O–H groups in total. The smallest absolute Gasteiger partial charge is 0.260 e. The molecule has 6 heteroatoms. The molecule has 0 aromatic heterocycles. The van der Waals surface area contributed by atoms with Gasteiger partial charge in [-0.05, 0) is 92.1 Å². The van der Waals surface area contributed by atoms with Crippen LogP contribution in [0, 0.1) is 0 Å². The average Bonchev–Trinajstić information content (AvgIpc) is 3.26. The van der Waals surface area contributed by atoms with Crippen molar-refractivity contribution in [1.82, 2.24) is 5.32 Å². The van der Waals surface area contributed by atoms with E-state index >= 15 is 0 Å². The predicted molar refractivity (Wildman–Crippen MR) is 163 cm³/mol. The van der Waals surface area contributed by atoms with Gasteiger partial charge in [0.2, 0.25) is 0 Å². The molecule has 4 aromatic rings. The first kappa shape index (κ1) is 26.1. The molecule has 1 saturated heterocycles. The van der Waals surface area contributed by atoms with Crippen molar-refractivity contribution in [3.8, 4) is 5.75 Å². The van der Waals surface area contributed by atoms with Crippen LogP contribution in [-0.2, 0) is 24.2 Å². The van der Waals surface area contributed by atoms with Crippen molar-refractivity contribution in [1.29, 1.82) is 0 Å². The van der Waals surface area contributed by atoms with Crippen molar-refractivity contribution in [2.24, 2.45) is 0 Å². The van der Waals surface area contributed by atoms with Gasteiger partial charge < -0.3 is 15.4 Å². The van der Waals surface area contributed by atoms with Gasteiger partial charge >= 0.3 is 0 Å². The number of halogens is 1. The van der Waals surface area contributed by atoms with Crippen LogP contribution >= 0.6 is 27.7 Å². The Hall–Kier alpha value is -3.48. The number of carbonyl (C=O) groups excluding carboxylic acids is 1. The summed E-state index contributed by atoms with van der Waals surface area (Å²) in [6, 6.07) is 26.9. The summed E-state index contributed by atoms with van der Waals surface area (Å²) in [5, 5.41) is 8.78. The van der Waals surface area contributed by atoms with Gasteiger partial charge in [-0.25, -0.2) is 0 Å². The Morgan fingerprint density at radius 2 is 1.84 bits per heavy atom. The van der Waals surface area contributed by atoms with E-state index in [1.807, 2.05) is 42.5 Å². The van der Waals surface area contributed by atoms with Gasteiger partial charge in [-0.2, -0.15) is 0 Å². The molecule has 1 fully saturated rings. The van der Waals surface area contributed by atoms with Gasteiger partial charge in [-0.3, -0.25) is 4.79 Å². The molecule has 1 aliphatic rings. The number of thioether (sulfide) groups is 1. The molecule has 0 radical (unpaired) electrons. The summed E-state index contributed by atoms with van der Waals surface area (Å²) in [5.74, 6) is 0.703. The third-order valence-corrected chi connectivity index (χ3v) is 8.07. The van der Waals surface area contributed by atoms with Crippen LogP contribution in [0.4, 0.5) is 5.69 Å². The van der Waals surface area contributed by atoms with Crippen molar-refractivity contribution >= 4 is 56.1 Å². The standard InChI is InChI=1S/C32H29BrN2O2S/c1-3-8-24-17-22(19-29-31(36)35-32(38-29)34-26-15-13-21(4-2)14-16-26)18-28(33)30(24)37-20-25-11-7-10-23-9-5-6-12-27(23)25/h3,5-7,9-19,32,34H,1,4,8,20H2,2H3,(H,35,36)/b29-19-/t32-/m1/s1. The van der Waals surface area contributed by atoms with Crippen molar-refractivity contribution in [3.63, 3.8) is 0 Å². The van der Waals surface area contributed by atoms with Crippen LogP contribution in [0.5, 0.6) is 5.75 Å². The van der Waals surface area contributed by atoms with Gasteiger partial charge in [0.15, 0.2) is 5.50 Å². The molecular weight excluding hydrogens is 556 g/mol. The van der Waals surface area contributed by atoms with Gasteiger partial charge in [-0.15, -0.1) is 6.58 Å². The fourth-order valence-electron chi connectivity index (χ4n) is 4.50. The van der Waals surface area contributed by atoms with Gasteiger partial charge in [0.05, 0.1) is 9.38 Å². The van der Waals surface area contributed by atoms with Crippen LogP contribution in [0.1, 0.15) is 29.2 Å². The number of rotatable bonds is 9. The lowest BCUT2D eigenvalue weighted by molar-refractivity contribution is -0.116. The van der Waals surface area contributed by atoms with Gasteiger partial charge in [0.1, 0.15) is 12.4 Å². The third kappa shape index (κ3) is 5.98. The summed E-state index contributed by atoms with van der Waals surface area (Å²) in [7, 11) is 0. The van der Waals surface area contributed by atoms with E-state index in [1.54, 1.807) is 0 Å². The Balaban J connectivity index is 1.34. The summed E-state index contributed by atoms with van der Waals surface area (Å²) < 4.78 is 7.20. The number of allylic oxidation sites excluding steroid dienone is 1. The third-order valence-electron chi connectivity index (χ3n) is 6.45. The fraction of sp³-hybridized carbons (Fsp3) is 0.156. The zero-order valence-corrected chi connectivity index (χ0v) is 23.6. The van der Waals surface area contributed by atoms with Crippen LogP contribution in [-0.4, -0.2) is 11.4 Å². The molecule has 192 valence electrons. The molecular formula is C32H29BrN2O2S. The molecule has 0 aliphatic carbocycles. The summed E-state index contributed by atoms with van der Waals surface area (Å²) in [6.45, 7) is 6.52. The second-order valence-corrected chi connectivity index (χ2v) is 11.1. The second kappa shape index (κ2) is 11.9. The molecule has 0 saturated carbocycles. The summed E-state index contributed by atoms with van der Waals surface area (Å²) in [4.78, 5) is 13.4. The van der Waals surface area contributed by atoms with Crippen molar-refractivity contribution in [2.45, 2.75) is 31.9 Å². The summed E-state index contributed by atoms with van der Waals surface area (Å²) in [5.41, 5.74) is 5.11. The Labute approximate surface area is 236 Å². The summed E-state index contributed by atoms with van der Waals surface area (Å²) >= 11 is 5.19. The maximum atomic E-state index is 12.7. The highest BCUT2D eigenvalue weighted by atomic mass is 79.9. The van der Waals surface area contributed by atoms with Gasteiger partial charge in [-0.1, -0.05) is 79.4 Å². The fourth-order valence-corrected chi connectivity index (χ4v) is 6.12. The average molecular weight is 586 g/mol. The highest BCUT2D eigenvalue weighted by Crippen LogP contribution is 2.36. The van der Waals surface area contributed by atoms with Crippen molar-refractivity contribution < 1.29 is 9.53 Å². The molecule has 0 bridgehead atoms. The van der Waals surface area contributed by atoms with E-state index in [4.69, 9.17) is 4.74 Å². The Bertz CT molecular complexity index is 1510. The van der Waals surface area contributed by atoms with E-state index in [9.17, 15) is 4.79 Å². The second-order valence-electron chi connectivity index (χ2n) is 9.09. The number of anilines is 1. The lowest BCUT2D eigenvalue weighted by atomic mass is 10.0. The van der Waals surface area contributed by atoms with E-state index in [2.05, 4.69) is 88.6 Å². The molecule has 0 spiro atoms. The first-order chi connectivity index (χ1) is 18.5. The number of aryl methyl sites for hydroxylation is 1. The van der Waals surface area contributed by atoms with Crippen LogP contribution in [0.2, 0.25) is 0 Å². The molecule has 1 aliphatic heterocycles. The lowest BCUT2D eigenvalue weighted by Gasteiger charge is -2.15. The minimum atomic E-state index is -0.222. The molecule has 1 amide bonds. The normalized spacial score (nSPS) is 16.0. The van der Waals surface area contributed by atoms with E-state index in [-0.39, 0.29) is 11.4 Å². The highest BCUT2D eigenvalue weighted by molar-refractivity contribution is 9.10. The topological polar surface area (TPSA) is 50.4 Å². The molecule has 5 rings (SSSR count). The molecule has 38 heavy (non-hydrogen) atoms. The van der Waals surface area contributed by atoms with Crippen LogP contribution < -0.4 is 15.4 Å². The quantitative estimate of drug-likeness (QED) is 0.154. The van der Waals surface area contributed by atoms with E-state index in [0.717, 1.165) is 39.0 Å². The SMILES string of the molecule is C=CCc1cc(/C=C2\S[C@H](Nc3ccc(CC)cc3)NC2=O)cc(Br)c1OCc1cccc2ccccc12. The number of carbonyl (C=O) groups is 1. The molecule has 0 unspecified atom stereocenters. The number of ether oxygens (including phenoxy) is 1. The van der Waals surface area contributed by atoms with Crippen LogP contribution in [0.3, 0.4) is 0 Å². The number of amides is 1. The van der Waals surface area contributed by atoms with Crippen LogP contribution in [0.25, 0.3) is 16.8 Å². The van der Waals surface area contributed by atoms with Crippen molar-refractivity contribution in [3.05, 3.63) is 123 Å². The maximum Gasteiger partial charge on any atom is 0.260 e. The number of benzene rings is 4. The number of fused-ring (bicyclic) bond motifs is 1. The Kier molecular flexibility index (Phi) is 8.20. The van der Waals surface area contributed by atoms with Gasteiger partial charge in [0, 0.05) is 5.69 Å². The Morgan fingerprint density at radius 1 is 1.05 bits per heavy atom. The predicted octanol–water partition coefficient (Wildman–Crippen LogP) is 8.07. The molecule has 4 aromatic carbocycles. The number of hydrogen-bond donors (Lipinski definition) is 2. The zero-order valence-electron chi connectivity index (χ0n) is 21.2. The highest BCUT2D eigenvalue weighted by Gasteiger charge is 2.27. The van der Waals surface area contributed by atoms with Gasteiger partial charge in [0.25, 0.3) is 5.91 Å². The van der Waals surface area contributed by atoms with E-state index < -0.39 is 0 Å². The minimum Gasteiger partial charge on any atom is -0.487 e. The van der Waals surface area contributed by atoms with Crippen LogP contribution in [0.15, 0.2) is 101 Å². The molecule has 4 nitrogen and oxygen atoms in total. The first-order valence-corrected chi connectivity index (χ1v) is 14.3. The molecule has 1 heterocycles. The number of nitrogens with one attached hydrogen (secondary N) is 2.